The number of anilines is 2. The van der Waals surface area contributed by atoms with Crippen molar-refractivity contribution < 1.29 is 24.2 Å². The van der Waals surface area contributed by atoms with Crippen LogP contribution in [0.1, 0.15) is 12.8 Å². The lowest BCUT2D eigenvalue weighted by Gasteiger charge is -2.29. The zero-order valence-electron chi connectivity index (χ0n) is 16.2. The third kappa shape index (κ3) is 4.08. The molecule has 4 rings (SSSR count). The maximum absolute atomic E-state index is 12.7. The van der Waals surface area contributed by atoms with Gasteiger partial charge in [0, 0.05) is 32.1 Å². The van der Waals surface area contributed by atoms with Crippen LogP contribution in [-0.2, 0) is 9.53 Å². The molecule has 2 amide bonds. The lowest BCUT2D eigenvalue weighted by molar-refractivity contribution is -0.121. The van der Waals surface area contributed by atoms with E-state index in [2.05, 4.69) is 15.2 Å². The van der Waals surface area contributed by atoms with Crippen LogP contribution in [0, 0.1) is 5.92 Å². The number of fused-ring (bicyclic) bond motifs is 1. The molecule has 2 fully saturated rings. The smallest absolute Gasteiger partial charge is 0.407 e. The van der Waals surface area contributed by atoms with Crippen LogP contribution >= 0.6 is 11.3 Å². The van der Waals surface area contributed by atoms with Crippen molar-refractivity contribution in [1.82, 2.24) is 9.88 Å². The highest BCUT2D eigenvalue weighted by molar-refractivity contribution is 7.23. The molecule has 1 aromatic carbocycles. The molecule has 10 heteroatoms. The number of piperidine rings is 1. The van der Waals surface area contributed by atoms with E-state index in [1.165, 1.54) is 16.2 Å². The fourth-order valence-electron chi connectivity index (χ4n) is 3.78. The van der Waals surface area contributed by atoms with Gasteiger partial charge in [0.05, 0.1) is 30.7 Å². The highest BCUT2D eigenvalue weighted by Crippen LogP contribution is 2.39. The first-order valence-electron chi connectivity index (χ1n) is 9.66. The van der Waals surface area contributed by atoms with Crippen LogP contribution in [0.4, 0.5) is 15.6 Å². The summed E-state index contributed by atoms with van der Waals surface area (Å²) in [4.78, 5) is 32.0. The van der Waals surface area contributed by atoms with Crippen LogP contribution in [0.5, 0.6) is 5.75 Å². The van der Waals surface area contributed by atoms with Crippen LogP contribution < -0.4 is 15.0 Å². The van der Waals surface area contributed by atoms with E-state index < -0.39 is 6.09 Å². The van der Waals surface area contributed by atoms with Gasteiger partial charge in [0.1, 0.15) is 11.3 Å². The summed E-state index contributed by atoms with van der Waals surface area (Å²) in [6.07, 6.45) is 0.106. The Kier molecular flexibility index (Phi) is 5.72. The number of hydrogen-bond donors (Lipinski definition) is 2. The molecule has 9 nitrogen and oxygen atoms in total. The first-order chi connectivity index (χ1) is 14.1. The lowest BCUT2D eigenvalue weighted by atomic mass is 9.96. The summed E-state index contributed by atoms with van der Waals surface area (Å²) in [5.74, 6) is 0.350. The second-order valence-corrected chi connectivity index (χ2v) is 8.12. The quantitative estimate of drug-likeness (QED) is 0.783. The number of aromatic nitrogens is 1. The monoisotopic (exact) mass is 420 g/mol. The third-order valence-corrected chi connectivity index (χ3v) is 6.42. The number of carbonyl (C=O) groups is 2. The van der Waals surface area contributed by atoms with Crippen molar-refractivity contribution in [1.29, 1.82) is 0 Å². The van der Waals surface area contributed by atoms with E-state index in [-0.39, 0.29) is 11.8 Å². The number of carboxylic acid groups (broad SMARTS) is 1. The Labute approximate surface area is 172 Å². The normalized spacial score (nSPS) is 18.1. The Balaban J connectivity index is 1.53. The van der Waals surface area contributed by atoms with Crippen molar-refractivity contribution in [3.05, 3.63) is 12.1 Å². The molecule has 29 heavy (non-hydrogen) atoms. The minimum absolute atomic E-state index is 0.110. The van der Waals surface area contributed by atoms with Gasteiger partial charge in [-0.3, -0.25) is 4.79 Å². The number of nitrogens with zero attached hydrogens (tertiary/aromatic N) is 3. The van der Waals surface area contributed by atoms with Gasteiger partial charge in [-0.15, -0.1) is 0 Å². The molecular weight excluding hydrogens is 396 g/mol. The average Bonchev–Trinajstić information content (AvgIpc) is 3.17. The number of rotatable bonds is 4. The first kappa shape index (κ1) is 19.7. The molecule has 0 atom stereocenters. The summed E-state index contributed by atoms with van der Waals surface area (Å²) in [7, 11) is 1.61. The Hall–Kier alpha value is -2.59. The number of amides is 2. The minimum Gasteiger partial charge on any atom is -0.494 e. The van der Waals surface area contributed by atoms with E-state index in [1.807, 2.05) is 12.1 Å². The van der Waals surface area contributed by atoms with Gasteiger partial charge in [-0.1, -0.05) is 11.3 Å². The Morgan fingerprint density at radius 1 is 1.24 bits per heavy atom. The molecule has 0 unspecified atom stereocenters. The van der Waals surface area contributed by atoms with Gasteiger partial charge in [0.2, 0.25) is 5.91 Å². The Morgan fingerprint density at radius 2 is 1.97 bits per heavy atom. The van der Waals surface area contributed by atoms with Crippen molar-refractivity contribution >= 4 is 44.4 Å². The van der Waals surface area contributed by atoms with Crippen LogP contribution in [-0.4, -0.2) is 73.5 Å². The van der Waals surface area contributed by atoms with Crippen molar-refractivity contribution in [2.24, 2.45) is 5.92 Å². The maximum Gasteiger partial charge on any atom is 0.407 e. The first-order valence-corrected chi connectivity index (χ1v) is 10.5. The minimum atomic E-state index is -0.933. The highest BCUT2D eigenvalue weighted by Gasteiger charge is 2.28. The van der Waals surface area contributed by atoms with E-state index in [9.17, 15) is 9.59 Å². The zero-order valence-corrected chi connectivity index (χ0v) is 17.0. The summed E-state index contributed by atoms with van der Waals surface area (Å²) in [6, 6.07) is 3.93. The van der Waals surface area contributed by atoms with Gasteiger partial charge >= 0.3 is 6.09 Å². The fraction of sp³-hybridized carbons (Fsp3) is 0.526. The molecule has 0 radical (unpaired) electrons. The number of nitrogens with one attached hydrogen (secondary N) is 1. The van der Waals surface area contributed by atoms with Crippen LogP contribution in [0.3, 0.4) is 0 Å². The average molecular weight is 420 g/mol. The number of hydrogen-bond acceptors (Lipinski definition) is 7. The van der Waals surface area contributed by atoms with E-state index >= 15 is 0 Å². The molecular formula is C19H24N4O5S. The summed E-state index contributed by atoms with van der Waals surface area (Å²) in [6.45, 7) is 3.74. The molecule has 156 valence electrons. The van der Waals surface area contributed by atoms with Gasteiger partial charge in [0.15, 0.2) is 5.13 Å². The SMILES string of the molecule is COc1ccc(N2CCOCC2)c2sc(NC(=O)C3CCN(C(=O)O)CC3)nc12. The predicted molar refractivity (Wildman–Crippen MR) is 110 cm³/mol. The molecule has 2 N–H and O–H groups in total. The zero-order chi connectivity index (χ0) is 20.4. The summed E-state index contributed by atoms with van der Waals surface area (Å²) < 4.78 is 11.9. The van der Waals surface area contributed by atoms with Crippen molar-refractivity contribution in [2.75, 3.05) is 56.7 Å². The number of ether oxygens (including phenoxy) is 2. The molecule has 0 aliphatic carbocycles. The van der Waals surface area contributed by atoms with Crippen LogP contribution in [0.25, 0.3) is 10.2 Å². The van der Waals surface area contributed by atoms with Crippen LogP contribution in [0.2, 0.25) is 0 Å². The van der Waals surface area contributed by atoms with Crippen molar-refractivity contribution in [2.45, 2.75) is 12.8 Å². The Morgan fingerprint density at radius 3 is 2.62 bits per heavy atom. The number of likely N-dealkylation sites (tertiary alicyclic amines) is 1. The summed E-state index contributed by atoms with van der Waals surface area (Å²) in [5, 5.41) is 12.5. The van der Waals surface area contributed by atoms with E-state index in [4.69, 9.17) is 14.6 Å². The molecule has 3 heterocycles. The predicted octanol–water partition coefficient (Wildman–Crippen LogP) is 2.47. The van der Waals surface area contributed by atoms with E-state index in [1.54, 1.807) is 7.11 Å². The van der Waals surface area contributed by atoms with Crippen molar-refractivity contribution in [3.63, 3.8) is 0 Å². The standard InChI is InChI=1S/C19H24N4O5S/c1-27-14-3-2-13(22-8-10-28-11-9-22)16-15(14)20-18(29-16)21-17(24)12-4-6-23(7-5-12)19(25)26/h2-3,12H,4-11H2,1H3,(H,25,26)(H,20,21,24). The highest BCUT2D eigenvalue weighted by atomic mass is 32.1. The maximum atomic E-state index is 12.7. The Bertz CT molecular complexity index is 903. The largest absolute Gasteiger partial charge is 0.494 e. The fourth-order valence-corrected chi connectivity index (χ4v) is 4.81. The van der Waals surface area contributed by atoms with Crippen LogP contribution in [0.15, 0.2) is 12.1 Å². The molecule has 0 saturated carbocycles. The second kappa shape index (κ2) is 8.42. The molecule has 0 bridgehead atoms. The molecule has 2 aromatic rings. The molecule has 1 aromatic heterocycles. The number of morpholine rings is 1. The van der Waals surface area contributed by atoms with E-state index in [0.29, 0.717) is 50.0 Å². The summed E-state index contributed by atoms with van der Waals surface area (Å²) in [5.41, 5.74) is 1.80. The number of carbonyl (C=O) groups excluding carboxylic acids is 1. The second-order valence-electron chi connectivity index (χ2n) is 7.12. The molecule has 2 saturated heterocycles. The van der Waals surface area contributed by atoms with Gasteiger partial charge in [-0.25, -0.2) is 9.78 Å². The summed E-state index contributed by atoms with van der Waals surface area (Å²) >= 11 is 1.43. The number of benzene rings is 1. The molecule has 2 aliphatic heterocycles. The van der Waals surface area contributed by atoms with Gasteiger partial charge in [-0.05, 0) is 25.0 Å². The number of methoxy groups -OCH3 is 1. The van der Waals surface area contributed by atoms with Gasteiger partial charge < -0.3 is 29.7 Å². The lowest BCUT2D eigenvalue weighted by Crippen LogP contribution is -2.40. The molecule has 0 spiro atoms. The third-order valence-electron chi connectivity index (χ3n) is 5.42. The molecule has 2 aliphatic rings. The van der Waals surface area contributed by atoms with Crippen molar-refractivity contribution in [3.8, 4) is 5.75 Å². The van der Waals surface area contributed by atoms with E-state index in [0.717, 1.165) is 29.0 Å². The van der Waals surface area contributed by atoms with Gasteiger partial charge in [-0.2, -0.15) is 0 Å². The number of thiazole rings is 1. The topological polar surface area (TPSA) is 104 Å². The van der Waals surface area contributed by atoms with Gasteiger partial charge in [0.25, 0.3) is 0 Å².